The van der Waals surface area contributed by atoms with Gasteiger partial charge in [0.25, 0.3) is 0 Å². The van der Waals surface area contributed by atoms with Gasteiger partial charge in [0.2, 0.25) is 0 Å². The highest BCUT2D eigenvalue weighted by atomic mass is 79.9. The molecule has 0 aliphatic rings. The predicted octanol–water partition coefficient (Wildman–Crippen LogP) is 2.23. The standard InChI is InChI=1S/C11H12BrN3O2/c1-2-9-14-8-5-7(12)6-13-11(8)15(9)4-3-10(16)17/h5-6H,2-4H2,1H3,(H,16,17). The lowest BCUT2D eigenvalue weighted by Gasteiger charge is -2.04. The summed E-state index contributed by atoms with van der Waals surface area (Å²) < 4.78 is 2.74. The van der Waals surface area contributed by atoms with Crippen molar-refractivity contribution < 1.29 is 9.90 Å². The molecule has 2 heterocycles. The number of carboxylic acids is 1. The van der Waals surface area contributed by atoms with E-state index in [4.69, 9.17) is 5.11 Å². The number of pyridine rings is 1. The molecule has 90 valence electrons. The largest absolute Gasteiger partial charge is 0.481 e. The molecular weight excluding hydrogens is 286 g/mol. The summed E-state index contributed by atoms with van der Waals surface area (Å²) in [5, 5.41) is 8.73. The third kappa shape index (κ3) is 2.46. The maximum Gasteiger partial charge on any atom is 0.305 e. The number of halogens is 1. The predicted molar refractivity (Wildman–Crippen MR) is 66.9 cm³/mol. The van der Waals surface area contributed by atoms with E-state index < -0.39 is 5.97 Å². The molecule has 17 heavy (non-hydrogen) atoms. The number of imidazole rings is 1. The van der Waals surface area contributed by atoms with Crippen LogP contribution in [0.15, 0.2) is 16.7 Å². The molecule has 0 atom stereocenters. The van der Waals surface area contributed by atoms with Crippen LogP contribution in [0.5, 0.6) is 0 Å². The zero-order valence-corrected chi connectivity index (χ0v) is 10.9. The maximum absolute atomic E-state index is 10.6. The molecule has 2 aromatic heterocycles. The average Bonchev–Trinajstić information content (AvgIpc) is 2.63. The fourth-order valence-electron chi connectivity index (χ4n) is 1.75. The summed E-state index contributed by atoms with van der Waals surface area (Å²) in [7, 11) is 0. The van der Waals surface area contributed by atoms with E-state index >= 15 is 0 Å². The van der Waals surface area contributed by atoms with Crippen molar-refractivity contribution in [3.05, 3.63) is 22.6 Å². The normalized spacial score (nSPS) is 10.9. The quantitative estimate of drug-likeness (QED) is 0.940. The Morgan fingerprint density at radius 3 is 3.00 bits per heavy atom. The summed E-state index contributed by atoms with van der Waals surface area (Å²) in [6, 6.07) is 1.89. The van der Waals surface area contributed by atoms with Crippen LogP contribution in [0.4, 0.5) is 0 Å². The smallest absolute Gasteiger partial charge is 0.305 e. The van der Waals surface area contributed by atoms with E-state index in [2.05, 4.69) is 25.9 Å². The highest BCUT2D eigenvalue weighted by Crippen LogP contribution is 2.19. The first-order chi connectivity index (χ1) is 8.11. The molecule has 0 aromatic carbocycles. The molecule has 0 bridgehead atoms. The summed E-state index contributed by atoms with van der Waals surface area (Å²) in [4.78, 5) is 19.4. The number of hydrogen-bond donors (Lipinski definition) is 1. The van der Waals surface area contributed by atoms with Gasteiger partial charge in [-0.3, -0.25) is 4.79 Å². The fraction of sp³-hybridized carbons (Fsp3) is 0.364. The summed E-state index contributed by atoms with van der Waals surface area (Å²) in [5.41, 5.74) is 1.54. The molecule has 0 fully saturated rings. The Balaban J connectivity index is 2.47. The molecule has 1 N–H and O–H groups in total. The Bertz CT molecular complexity index is 565. The van der Waals surface area contributed by atoms with Crippen LogP contribution in [0.3, 0.4) is 0 Å². The molecule has 6 heteroatoms. The highest BCUT2D eigenvalue weighted by molar-refractivity contribution is 9.10. The van der Waals surface area contributed by atoms with E-state index in [1.54, 1.807) is 6.20 Å². The van der Waals surface area contributed by atoms with Gasteiger partial charge in [0.15, 0.2) is 5.65 Å². The number of carbonyl (C=O) groups is 1. The third-order valence-electron chi connectivity index (χ3n) is 2.50. The first kappa shape index (κ1) is 12.0. The van der Waals surface area contributed by atoms with Crippen molar-refractivity contribution in [2.75, 3.05) is 0 Å². The van der Waals surface area contributed by atoms with Gasteiger partial charge in [0, 0.05) is 23.6 Å². The first-order valence-electron chi connectivity index (χ1n) is 5.34. The van der Waals surface area contributed by atoms with Crippen molar-refractivity contribution in [2.24, 2.45) is 0 Å². The van der Waals surface area contributed by atoms with Crippen LogP contribution in [-0.4, -0.2) is 25.6 Å². The first-order valence-corrected chi connectivity index (χ1v) is 6.13. The zero-order chi connectivity index (χ0) is 12.4. The lowest BCUT2D eigenvalue weighted by Crippen LogP contribution is -2.08. The van der Waals surface area contributed by atoms with Gasteiger partial charge in [-0.15, -0.1) is 0 Å². The van der Waals surface area contributed by atoms with Crippen LogP contribution in [-0.2, 0) is 17.8 Å². The van der Waals surface area contributed by atoms with Crippen LogP contribution < -0.4 is 0 Å². The van der Waals surface area contributed by atoms with Crippen LogP contribution in [0, 0.1) is 0 Å². The van der Waals surface area contributed by atoms with Crippen LogP contribution in [0.2, 0.25) is 0 Å². The van der Waals surface area contributed by atoms with Crippen molar-refractivity contribution in [2.45, 2.75) is 26.3 Å². The van der Waals surface area contributed by atoms with Gasteiger partial charge in [-0.2, -0.15) is 0 Å². The van der Waals surface area contributed by atoms with Crippen LogP contribution >= 0.6 is 15.9 Å². The second kappa shape index (κ2) is 4.83. The van der Waals surface area contributed by atoms with Crippen LogP contribution in [0.1, 0.15) is 19.2 Å². The molecule has 2 rings (SSSR count). The Labute approximate surface area is 107 Å². The summed E-state index contributed by atoms with van der Waals surface area (Å²) in [6.45, 7) is 2.40. The molecular formula is C11H12BrN3O2. The second-order valence-electron chi connectivity index (χ2n) is 3.67. The van der Waals surface area contributed by atoms with E-state index in [1.807, 2.05) is 17.6 Å². The summed E-state index contributed by atoms with van der Waals surface area (Å²) in [5.74, 6) is 0.0536. The lowest BCUT2D eigenvalue weighted by molar-refractivity contribution is -0.137. The number of fused-ring (bicyclic) bond motifs is 1. The van der Waals surface area contributed by atoms with Crippen molar-refractivity contribution in [1.29, 1.82) is 0 Å². The summed E-state index contributed by atoms with van der Waals surface area (Å²) in [6.07, 6.45) is 2.53. The number of carboxylic acid groups (broad SMARTS) is 1. The van der Waals surface area contributed by atoms with Crippen molar-refractivity contribution in [3.8, 4) is 0 Å². The number of aliphatic carboxylic acids is 1. The lowest BCUT2D eigenvalue weighted by atomic mass is 10.4. The van der Waals surface area contributed by atoms with Gasteiger partial charge in [-0.25, -0.2) is 9.97 Å². The Morgan fingerprint density at radius 2 is 2.35 bits per heavy atom. The number of aryl methyl sites for hydroxylation is 2. The number of nitrogens with zero attached hydrogens (tertiary/aromatic N) is 3. The van der Waals surface area contributed by atoms with Gasteiger partial charge in [0.05, 0.1) is 6.42 Å². The van der Waals surface area contributed by atoms with Gasteiger partial charge < -0.3 is 9.67 Å². The molecule has 0 aliphatic carbocycles. The monoisotopic (exact) mass is 297 g/mol. The summed E-state index contributed by atoms with van der Waals surface area (Å²) >= 11 is 3.34. The zero-order valence-electron chi connectivity index (χ0n) is 9.35. The Kier molecular flexibility index (Phi) is 3.42. The van der Waals surface area contributed by atoms with Gasteiger partial charge >= 0.3 is 5.97 Å². The van der Waals surface area contributed by atoms with E-state index in [-0.39, 0.29) is 6.42 Å². The molecule has 0 saturated carbocycles. The molecule has 0 saturated heterocycles. The van der Waals surface area contributed by atoms with Crippen molar-refractivity contribution >= 4 is 33.1 Å². The van der Waals surface area contributed by atoms with Gasteiger partial charge in [-0.1, -0.05) is 6.92 Å². The Morgan fingerprint density at radius 1 is 1.59 bits per heavy atom. The number of rotatable bonds is 4. The maximum atomic E-state index is 10.6. The SMILES string of the molecule is CCc1nc2cc(Br)cnc2n1CCC(=O)O. The molecule has 0 radical (unpaired) electrons. The third-order valence-corrected chi connectivity index (χ3v) is 2.93. The highest BCUT2D eigenvalue weighted by Gasteiger charge is 2.11. The second-order valence-corrected chi connectivity index (χ2v) is 4.59. The van der Waals surface area contributed by atoms with E-state index in [0.29, 0.717) is 6.54 Å². The molecule has 0 spiro atoms. The van der Waals surface area contributed by atoms with Crippen molar-refractivity contribution in [1.82, 2.24) is 14.5 Å². The average molecular weight is 298 g/mol. The molecule has 0 aliphatic heterocycles. The molecule has 5 nitrogen and oxygen atoms in total. The van der Waals surface area contributed by atoms with E-state index in [1.165, 1.54) is 0 Å². The van der Waals surface area contributed by atoms with Crippen LogP contribution in [0.25, 0.3) is 11.2 Å². The van der Waals surface area contributed by atoms with E-state index in [9.17, 15) is 4.79 Å². The minimum Gasteiger partial charge on any atom is -0.481 e. The topological polar surface area (TPSA) is 68.0 Å². The van der Waals surface area contributed by atoms with Gasteiger partial charge in [-0.05, 0) is 22.0 Å². The molecule has 0 unspecified atom stereocenters. The minimum absolute atomic E-state index is 0.0796. The molecule has 0 amide bonds. The van der Waals surface area contributed by atoms with E-state index in [0.717, 1.165) is 27.9 Å². The number of aromatic nitrogens is 3. The minimum atomic E-state index is -0.814. The fourth-order valence-corrected chi connectivity index (χ4v) is 2.06. The number of hydrogen-bond acceptors (Lipinski definition) is 3. The Hall–Kier alpha value is -1.43. The van der Waals surface area contributed by atoms with Gasteiger partial charge in [0.1, 0.15) is 11.3 Å². The molecule has 2 aromatic rings. The van der Waals surface area contributed by atoms with Crippen molar-refractivity contribution in [3.63, 3.8) is 0 Å².